The number of nitrogens with zero attached hydrogens (tertiary/aromatic N) is 1. The van der Waals surface area contributed by atoms with Gasteiger partial charge in [0.25, 0.3) is 0 Å². The third-order valence-corrected chi connectivity index (χ3v) is 4.75. The first kappa shape index (κ1) is 17.3. The summed E-state index contributed by atoms with van der Waals surface area (Å²) in [6.07, 6.45) is 1.53. The summed E-state index contributed by atoms with van der Waals surface area (Å²) in [6, 6.07) is 14.9. The molecular formula is C20H23NO4. The highest BCUT2D eigenvalue weighted by atomic mass is 16.5. The maximum absolute atomic E-state index is 11.8. The Labute approximate surface area is 147 Å². The Morgan fingerprint density at radius 3 is 2.68 bits per heavy atom. The number of hydrogen-bond donors (Lipinski definition) is 1. The van der Waals surface area contributed by atoms with Crippen molar-refractivity contribution in [2.75, 3.05) is 20.8 Å². The zero-order chi connectivity index (χ0) is 17.8. The predicted octanol–water partition coefficient (Wildman–Crippen LogP) is 3.34. The van der Waals surface area contributed by atoms with Crippen molar-refractivity contribution in [3.8, 4) is 11.5 Å². The van der Waals surface area contributed by atoms with Crippen molar-refractivity contribution in [1.29, 1.82) is 0 Å². The number of rotatable bonds is 6. The second-order valence-corrected chi connectivity index (χ2v) is 6.16. The van der Waals surface area contributed by atoms with Crippen molar-refractivity contribution in [3.63, 3.8) is 0 Å². The summed E-state index contributed by atoms with van der Waals surface area (Å²) in [4.78, 5) is 13.8. The molecule has 3 rings (SSSR count). The lowest BCUT2D eigenvalue weighted by atomic mass is 9.95. The molecule has 0 spiro atoms. The number of carbonyl (C=O) groups is 1. The van der Waals surface area contributed by atoms with Crippen molar-refractivity contribution >= 4 is 5.97 Å². The topological polar surface area (TPSA) is 59.0 Å². The first-order valence-corrected chi connectivity index (χ1v) is 8.41. The van der Waals surface area contributed by atoms with Crippen LogP contribution in [-0.2, 0) is 4.79 Å². The largest absolute Gasteiger partial charge is 0.497 e. The molecule has 1 heterocycles. The predicted molar refractivity (Wildman–Crippen MR) is 95.2 cm³/mol. The average Bonchev–Trinajstić information content (AvgIpc) is 3.12. The van der Waals surface area contributed by atoms with Crippen LogP contribution in [0, 0.1) is 0 Å². The second kappa shape index (κ2) is 7.57. The third kappa shape index (κ3) is 3.46. The van der Waals surface area contributed by atoms with Crippen molar-refractivity contribution in [1.82, 2.24) is 4.90 Å². The Morgan fingerprint density at radius 1 is 1.16 bits per heavy atom. The Bertz CT molecular complexity index is 746. The molecule has 2 atom stereocenters. The lowest BCUT2D eigenvalue weighted by Crippen LogP contribution is -2.39. The number of ether oxygens (including phenoxy) is 2. The molecule has 0 saturated carbocycles. The summed E-state index contributed by atoms with van der Waals surface area (Å²) in [6.45, 7) is 0.733. The zero-order valence-electron chi connectivity index (χ0n) is 14.5. The van der Waals surface area contributed by atoms with Gasteiger partial charge in [-0.2, -0.15) is 0 Å². The minimum atomic E-state index is -0.778. The Balaban J connectivity index is 2.12. The SMILES string of the molecule is COc1cccc(C(c2ccccc2OC)N2CCCC2C(=O)O)c1. The molecule has 0 bridgehead atoms. The number of likely N-dealkylation sites (tertiary alicyclic amines) is 1. The number of carboxylic acid groups (broad SMARTS) is 1. The first-order chi connectivity index (χ1) is 12.2. The molecule has 2 aromatic rings. The lowest BCUT2D eigenvalue weighted by molar-refractivity contribution is -0.142. The molecule has 2 aromatic carbocycles. The van der Waals surface area contributed by atoms with E-state index < -0.39 is 12.0 Å². The maximum Gasteiger partial charge on any atom is 0.320 e. The number of methoxy groups -OCH3 is 2. The fourth-order valence-corrected chi connectivity index (χ4v) is 3.62. The highest BCUT2D eigenvalue weighted by Gasteiger charge is 2.37. The van der Waals surface area contributed by atoms with Gasteiger partial charge in [0, 0.05) is 12.1 Å². The molecule has 5 heteroatoms. The Morgan fingerprint density at radius 2 is 1.96 bits per heavy atom. The number of para-hydroxylation sites is 1. The number of benzene rings is 2. The zero-order valence-corrected chi connectivity index (χ0v) is 14.5. The highest BCUT2D eigenvalue weighted by molar-refractivity contribution is 5.74. The van der Waals surface area contributed by atoms with Crippen LogP contribution in [-0.4, -0.2) is 42.8 Å². The summed E-state index contributed by atoms with van der Waals surface area (Å²) in [5.41, 5.74) is 1.96. The van der Waals surface area contributed by atoms with Gasteiger partial charge in [-0.05, 0) is 36.6 Å². The minimum Gasteiger partial charge on any atom is -0.497 e. The van der Waals surface area contributed by atoms with Gasteiger partial charge in [-0.1, -0.05) is 30.3 Å². The molecule has 0 radical (unpaired) electrons. The van der Waals surface area contributed by atoms with E-state index in [1.807, 2.05) is 48.5 Å². The fourth-order valence-electron chi connectivity index (χ4n) is 3.62. The van der Waals surface area contributed by atoms with E-state index in [9.17, 15) is 9.90 Å². The van der Waals surface area contributed by atoms with Gasteiger partial charge in [0.1, 0.15) is 17.5 Å². The van der Waals surface area contributed by atoms with Crippen LogP contribution in [0.25, 0.3) is 0 Å². The van der Waals surface area contributed by atoms with Crippen molar-refractivity contribution in [2.24, 2.45) is 0 Å². The van der Waals surface area contributed by atoms with Gasteiger partial charge in [0.05, 0.1) is 20.3 Å². The monoisotopic (exact) mass is 341 g/mol. The maximum atomic E-state index is 11.8. The summed E-state index contributed by atoms with van der Waals surface area (Å²) in [5.74, 6) is 0.732. The number of carboxylic acids is 1. The van der Waals surface area contributed by atoms with Crippen LogP contribution in [0.2, 0.25) is 0 Å². The lowest BCUT2D eigenvalue weighted by Gasteiger charge is -2.33. The molecule has 132 valence electrons. The molecular weight excluding hydrogens is 318 g/mol. The number of aliphatic carboxylic acids is 1. The summed E-state index contributed by atoms with van der Waals surface area (Å²) < 4.78 is 10.9. The van der Waals surface area contributed by atoms with E-state index >= 15 is 0 Å². The second-order valence-electron chi connectivity index (χ2n) is 6.16. The molecule has 25 heavy (non-hydrogen) atoms. The van der Waals surface area contributed by atoms with Crippen LogP contribution in [0.3, 0.4) is 0 Å². The fraction of sp³-hybridized carbons (Fsp3) is 0.350. The van der Waals surface area contributed by atoms with Gasteiger partial charge in [0.2, 0.25) is 0 Å². The summed E-state index contributed by atoms with van der Waals surface area (Å²) in [7, 11) is 3.27. The smallest absolute Gasteiger partial charge is 0.320 e. The van der Waals surface area contributed by atoms with Gasteiger partial charge in [-0.25, -0.2) is 0 Å². The van der Waals surface area contributed by atoms with E-state index in [-0.39, 0.29) is 6.04 Å². The molecule has 0 aliphatic carbocycles. The molecule has 5 nitrogen and oxygen atoms in total. The van der Waals surface area contributed by atoms with Gasteiger partial charge in [-0.15, -0.1) is 0 Å². The Hall–Kier alpha value is -2.53. The van der Waals surface area contributed by atoms with Crippen LogP contribution < -0.4 is 9.47 Å². The van der Waals surface area contributed by atoms with Gasteiger partial charge >= 0.3 is 5.97 Å². The van der Waals surface area contributed by atoms with E-state index in [4.69, 9.17) is 9.47 Å². The van der Waals surface area contributed by atoms with Crippen LogP contribution in [0.4, 0.5) is 0 Å². The Kier molecular flexibility index (Phi) is 5.24. The first-order valence-electron chi connectivity index (χ1n) is 8.41. The highest BCUT2D eigenvalue weighted by Crippen LogP contribution is 2.39. The molecule has 1 aliphatic rings. The van der Waals surface area contributed by atoms with Crippen LogP contribution in [0.1, 0.15) is 30.0 Å². The van der Waals surface area contributed by atoms with E-state index in [0.717, 1.165) is 35.6 Å². The van der Waals surface area contributed by atoms with E-state index in [1.54, 1.807) is 14.2 Å². The van der Waals surface area contributed by atoms with Crippen molar-refractivity contribution < 1.29 is 19.4 Å². The minimum absolute atomic E-state index is 0.199. The van der Waals surface area contributed by atoms with Crippen LogP contribution >= 0.6 is 0 Å². The molecule has 1 saturated heterocycles. The van der Waals surface area contributed by atoms with Crippen LogP contribution in [0.5, 0.6) is 11.5 Å². The average molecular weight is 341 g/mol. The normalized spacial score (nSPS) is 18.7. The molecule has 0 amide bonds. The molecule has 2 unspecified atom stereocenters. The van der Waals surface area contributed by atoms with Gasteiger partial charge in [-0.3, -0.25) is 9.69 Å². The quantitative estimate of drug-likeness (QED) is 0.873. The molecule has 1 N–H and O–H groups in total. The standard InChI is InChI=1S/C20H23NO4/c1-24-15-8-5-7-14(13-15)19(16-9-3-4-11-18(16)25-2)21-12-6-10-17(21)20(22)23/h3-5,7-9,11,13,17,19H,6,10,12H2,1-2H3,(H,22,23). The van der Waals surface area contributed by atoms with Crippen molar-refractivity contribution in [2.45, 2.75) is 24.9 Å². The molecule has 1 fully saturated rings. The van der Waals surface area contributed by atoms with E-state index in [1.165, 1.54) is 0 Å². The van der Waals surface area contributed by atoms with E-state index in [2.05, 4.69) is 4.90 Å². The number of hydrogen-bond acceptors (Lipinski definition) is 4. The molecule has 1 aliphatic heterocycles. The molecule has 0 aromatic heterocycles. The van der Waals surface area contributed by atoms with E-state index in [0.29, 0.717) is 6.42 Å². The van der Waals surface area contributed by atoms with Gasteiger partial charge in [0.15, 0.2) is 0 Å². The van der Waals surface area contributed by atoms with Crippen molar-refractivity contribution in [3.05, 3.63) is 59.7 Å². The van der Waals surface area contributed by atoms with Crippen LogP contribution in [0.15, 0.2) is 48.5 Å². The van der Waals surface area contributed by atoms with Gasteiger partial charge < -0.3 is 14.6 Å². The summed E-state index contributed by atoms with van der Waals surface area (Å²) >= 11 is 0. The summed E-state index contributed by atoms with van der Waals surface area (Å²) in [5, 5.41) is 9.66. The third-order valence-electron chi connectivity index (χ3n) is 4.75.